The van der Waals surface area contributed by atoms with Crippen LogP contribution in [0.1, 0.15) is 36.2 Å². The van der Waals surface area contributed by atoms with Gasteiger partial charge in [0.25, 0.3) is 11.1 Å². The minimum absolute atomic E-state index is 0. The Hall–Kier alpha value is -2.87. The second kappa shape index (κ2) is 7.92. The van der Waals surface area contributed by atoms with Crippen molar-refractivity contribution in [1.82, 2.24) is 8.97 Å². The van der Waals surface area contributed by atoms with Crippen molar-refractivity contribution >= 4 is 39.7 Å². The summed E-state index contributed by atoms with van der Waals surface area (Å²) in [5.74, 6) is 0.823. The molecule has 2 aromatic carbocycles. The number of fused-ring (bicyclic) bond motifs is 6. The van der Waals surface area contributed by atoms with Gasteiger partial charge in [0, 0.05) is 35.1 Å². The summed E-state index contributed by atoms with van der Waals surface area (Å²) in [5.41, 5.74) is 6.30. The molecule has 32 heavy (non-hydrogen) atoms. The van der Waals surface area contributed by atoms with Crippen molar-refractivity contribution in [3.8, 4) is 0 Å². The van der Waals surface area contributed by atoms with Gasteiger partial charge in [0.2, 0.25) is 5.58 Å². The summed E-state index contributed by atoms with van der Waals surface area (Å²) in [6.45, 7) is 2.96. The molecule has 6 rings (SSSR count). The average Bonchev–Trinajstić information content (AvgIpc) is 3.49. The Balaban J connectivity index is 0.00000216. The van der Waals surface area contributed by atoms with Crippen LogP contribution in [0.15, 0.2) is 57.7 Å². The van der Waals surface area contributed by atoms with E-state index < -0.39 is 0 Å². The van der Waals surface area contributed by atoms with Crippen LogP contribution in [-0.4, -0.2) is 8.97 Å². The molecule has 3 heterocycles. The van der Waals surface area contributed by atoms with Gasteiger partial charge in [0.05, 0.1) is 11.8 Å². The van der Waals surface area contributed by atoms with E-state index in [9.17, 15) is 4.79 Å². The SMILES string of the molecule is CC[n+]1c(/C=C/c2c3ccccc3c3n(C)c(=O)c4c(n23)CCC4)oc2ccccc21.[I-]. The molecule has 5 nitrogen and oxygen atoms in total. The number of oxazole rings is 1. The smallest absolute Gasteiger partial charge is 0.374 e. The van der Waals surface area contributed by atoms with Crippen molar-refractivity contribution < 1.29 is 33.0 Å². The molecule has 0 bridgehead atoms. The molecule has 0 N–H and O–H groups in total. The molecule has 0 unspecified atom stereocenters. The van der Waals surface area contributed by atoms with Gasteiger partial charge in [0.1, 0.15) is 12.2 Å². The van der Waals surface area contributed by atoms with E-state index in [4.69, 9.17) is 4.42 Å². The van der Waals surface area contributed by atoms with Crippen LogP contribution in [-0.2, 0) is 26.4 Å². The molecular weight excluding hydrogens is 513 g/mol. The number of rotatable bonds is 3. The second-order valence-electron chi connectivity index (χ2n) is 8.22. The van der Waals surface area contributed by atoms with Crippen LogP contribution in [0.3, 0.4) is 0 Å². The normalized spacial score (nSPS) is 13.4. The van der Waals surface area contributed by atoms with Gasteiger partial charge in [-0.25, -0.2) is 0 Å². The van der Waals surface area contributed by atoms with Crippen molar-refractivity contribution in [3.05, 3.63) is 81.7 Å². The fraction of sp³-hybridized carbons (Fsp3) is 0.231. The summed E-state index contributed by atoms with van der Waals surface area (Å²) < 4.78 is 12.5. The van der Waals surface area contributed by atoms with Crippen LogP contribution in [0.4, 0.5) is 0 Å². The molecule has 5 aromatic rings. The first kappa shape index (κ1) is 21.0. The fourth-order valence-electron chi connectivity index (χ4n) is 5.18. The lowest BCUT2D eigenvalue weighted by atomic mass is 10.1. The lowest BCUT2D eigenvalue weighted by Gasteiger charge is -2.11. The standard InChI is InChI=1S/C26H24N3O2.HI/c1-3-28-22-12-6-7-14-23(22)31-24(28)16-15-21-17-9-4-5-10-18(17)25-27(2)26(30)19-11-8-13-20(19)29(21)25;/h4-7,9-10,12,14-16H,3,8,11,13H2,1-2H3;1H/q+1;/p-1. The highest BCUT2D eigenvalue weighted by Crippen LogP contribution is 2.32. The van der Waals surface area contributed by atoms with E-state index in [-0.39, 0.29) is 29.5 Å². The van der Waals surface area contributed by atoms with Crippen LogP contribution >= 0.6 is 0 Å². The van der Waals surface area contributed by atoms with Gasteiger partial charge in [-0.15, -0.1) is 0 Å². The largest absolute Gasteiger partial charge is 1.00 e. The Morgan fingerprint density at radius 3 is 2.59 bits per heavy atom. The fourth-order valence-corrected chi connectivity index (χ4v) is 5.18. The van der Waals surface area contributed by atoms with Crippen LogP contribution in [0, 0.1) is 0 Å². The zero-order valence-corrected chi connectivity index (χ0v) is 20.3. The maximum atomic E-state index is 13.0. The summed E-state index contributed by atoms with van der Waals surface area (Å²) in [7, 11) is 1.89. The van der Waals surface area contributed by atoms with Crippen LogP contribution in [0.2, 0.25) is 0 Å². The first-order chi connectivity index (χ1) is 15.2. The van der Waals surface area contributed by atoms with Crippen molar-refractivity contribution in [2.45, 2.75) is 32.7 Å². The number of nitrogens with zero attached hydrogens (tertiary/aromatic N) is 3. The van der Waals surface area contributed by atoms with E-state index in [0.29, 0.717) is 0 Å². The highest BCUT2D eigenvalue weighted by atomic mass is 127. The summed E-state index contributed by atoms with van der Waals surface area (Å²) in [5, 5.41) is 2.25. The molecule has 0 radical (unpaired) electrons. The third kappa shape index (κ3) is 2.88. The third-order valence-corrected chi connectivity index (χ3v) is 6.57. The van der Waals surface area contributed by atoms with Gasteiger partial charge >= 0.3 is 5.89 Å². The van der Waals surface area contributed by atoms with Crippen molar-refractivity contribution in [1.29, 1.82) is 0 Å². The molecular formula is C26H24IN3O2. The van der Waals surface area contributed by atoms with Gasteiger partial charge in [-0.05, 0) is 38.3 Å². The van der Waals surface area contributed by atoms with E-state index in [1.807, 2.05) is 35.9 Å². The lowest BCUT2D eigenvalue weighted by molar-refractivity contribution is -0.674. The maximum absolute atomic E-state index is 13.0. The molecule has 1 aliphatic carbocycles. The van der Waals surface area contributed by atoms with E-state index in [0.717, 1.165) is 76.2 Å². The molecule has 0 saturated heterocycles. The summed E-state index contributed by atoms with van der Waals surface area (Å²) in [6, 6.07) is 16.5. The molecule has 3 aromatic heterocycles. The van der Waals surface area contributed by atoms with Gasteiger partial charge < -0.3 is 28.4 Å². The molecule has 0 aliphatic heterocycles. The van der Waals surface area contributed by atoms with Crippen LogP contribution < -0.4 is 34.1 Å². The Labute approximate surface area is 202 Å². The number of aromatic nitrogens is 3. The minimum Gasteiger partial charge on any atom is -1.00 e. The number of hydrogen-bond donors (Lipinski definition) is 0. The molecule has 6 heteroatoms. The minimum atomic E-state index is 0. The van der Waals surface area contributed by atoms with Gasteiger partial charge in [0.15, 0.2) is 0 Å². The van der Waals surface area contributed by atoms with Crippen molar-refractivity contribution in [2.75, 3.05) is 0 Å². The molecule has 0 fully saturated rings. The number of aryl methyl sites for hydroxylation is 3. The summed E-state index contributed by atoms with van der Waals surface area (Å²) >= 11 is 0. The number of hydrogen-bond acceptors (Lipinski definition) is 2. The Bertz CT molecular complexity index is 1590. The van der Waals surface area contributed by atoms with Gasteiger partial charge in [-0.3, -0.25) is 13.8 Å². The number of benzene rings is 2. The number of halogens is 1. The Morgan fingerprint density at radius 1 is 1.03 bits per heavy atom. The van der Waals surface area contributed by atoms with Gasteiger partial charge in [-0.2, -0.15) is 4.57 Å². The first-order valence-corrected chi connectivity index (χ1v) is 10.9. The molecule has 0 atom stereocenters. The highest BCUT2D eigenvalue weighted by molar-refractivity contribution is 6.02. The maximum Gasteiger partial charge on any atom is 0.374 e. The molecule has 0 amide bonds. The molecule has 162 valence electrons. The zero-order valence-electron chi connectivity index (χ0n) is 18.1. The monoisotopic (exact) mass is 537 g/mol. The van der Waals surface area contributed by atoms with E-state index in [1.54, 1.807) is 0 Å². The molecule has 1 aliphatic rings. The predicted octanol–water partition coefficient (Wildman–Crippen LogP) is 1.51. The van der Waals surface area contributed by atoms with Crippen LogP contribution in [0.5, 0.6) is 0 Å². The van der Waals surface area contributed by atoms with Crippen LogP contribution in [0.25, 0.3) is 39.7 Å². The summed E-state index contributed by atoms with van der Waals surface area (Å²) in [6.07, 6.45) is 7.02. The lowest BCUT2D eigenvalue weighted by Crippen LogP contribution is -3.00. The second-order valence-corrected chi connectivity index (χ2v) is 8.22. The first-order valence-electron chi connectivity index (χ1n) is 10.9. The molecule has 0 saturated carbocycles. The van der Waals surface area contributed by atoms with Gasteiger partial charge in [-0.1, -0.05) is 36.4 Å². The Kier molecular flexibility index (Phi) is 5.20. The van der Waals surface area contributed by atoms with Crippen molar-refractivity contribution in [3.63, 3.8) is 0 Å². The van der Waals surface area contributed by atoms with E-state index in [1.165, 1.54) is 0 Å². The Morgan fingerprint density at radius 2 is 1.78 bits per heavy atom. The topological polar surface area (TPSA) is 43.4 Å². The van der Waals surface area contributed by atoms with E-state index in [2.05, 4.69) is 52.3 Å². The van der Waals surface area contributed by atoms with Crippen molar-refractivity contribution in [2.24, 2.45) is 7.05 Å². The van der Waals surface area contributed by atoms with E-state index >= 15 is 0 Å². The third-order valence-electron chi connectivity index (χ3n) is 6.57. The zero-order chi connectivity index (χ0) is 21.1. The number of para-hydroxylation sites is 2. The highest BCUT2D eigenvalue weighted by Gasteiger charge is 2.24. The predicted molar refractivity (Wildman–Crippen MR) is 123 cm³/mol. The average molecular weight is 537 g/mol. The molecule has 0 spiro atoms. The quantitative estimate of drug-likeness (QED) is 0.259. The summed E-state index contributed by atoms with van der Waals surface area (Å²) in [4.78, 5) is 13.0.